The predicted octanol–water partition coefficient (Wildman–Crippen LogP) is 14.5. The minimum absolute atomic E-state index is 0.535. The summed E-state index contributed by atoms with van der Waals surface area (Å²) in [5.74, 6) is 5.24. The first-order valence-electron chi connectivity index (χ1n) is 22.0. The Kier molecular flexibility index (Phi) is 14.4. The Hall–Kier alpha value is -5.28. The summed E-state index contributed by atoms with van der Waals surface area (Å²) >= 11 is 3.95. The van der Waals surface area contributed by atoms with E-state index in [1.807, 2.05) is 12.1 Å². The molecule has 0 unspecified atom stereocenters. The Labute approximate surface area is 370 Å². The van der Waals surface area contributed by atoms with E-state index in [0.717, 1.165) is 120 Å². The lowest BCUT2D eigenvalue weighted by Gasteiger charge is -2.14. The van der Waals surface area contributed by atoms with Gasteiger partial charge in [-0.2, -0.15) is 0 Å². The highest BCUT2D eigenvalue weighted by atomic mass is 79.9. The van der Waals surface area contributed by atoms with Gasteiger partial charge in [-0.1, -0.05) is 55.4 Å². The molecular formula is C52H61BrN4O4. The summed E-state index contributed by atoms with van der Waals surface area (Å²) in [6, 6.07) is 22.9. The molecule has 0 amide bonds. The molecule has 8 bridgehead atoms. The molecule has 3 aromatic heterocycles. The molecule has 0 fully saturated rings. The number of rotatable bonds is 18. The van der Waals surface area contributed by atoms with Crippen molar-refractivity contribution in [3.63, 3.8) is 0 Å². The number of ether oxygens (including phenoxy) is 4. The van der Waals surface area contributed by atoms with Crippen LogP contribution in [-0.4, -0.2) is 46.4 Å². The lowest BCUT2D eigenvalue weighted by Crippen LogP contribution is -2.04. The molecule has 0 aliphatic carbocycles. The normalized spacial score (nSPS) is 12.3. The molecule has 320 valence electrons. The van der Waals surface area contributed by atoms with Crippen molar-refractivity contribution in [3.8, 4) is 45.3 Å². The van der Waals surface area contributed by atoms with E-state index in [9.17, 15) is 0 Å². The molecule has 2 aromatic carbocycles. The van der Waals surface area contributed by atoms with Crippen molar-refractivity contribution in [3.05, 3.63) is 94.0 Å². The van der Waals surface area contributed by atoms with Crippen molar-refractivity contribution in [2.24, 2.45) is 23.7 Å². The molecule has 2 aliphatic heterocycles. The van der Waals surface area contributed by atoms with Gasteiger partial charge in [-0.05, 0) is 155 Å². The minimum Gasteiger partial charge on any atom is -0.493 e. The maximum Gasteiger partial charge on any atom is 0.123 e. The molecule has 0 spiro atoms. The number of halogens is 1. The van der Waals surface area contributed by atoms with E-state index in [1.165, 1.54) is 0 Å². The fourth-order valence-electron chi connectivity index (χ4n) is 7.13. The number of hydrogen-bond donors (Lipinski definition) is 2. The number of nitrogens with one attached hydrogen (secondary N) is 2. The van der Waals surface area contributed by atoms with Gasteiger partial charge < -0.3 is 28.9 Å². The number of aromatic amines is 2. The van der Waals surface area contributed by atoms with Gasteiger partial charge in [-0.3, -0.25) is 0 Å². The highest BCUT2D eigenvalue weighted by molar-refractivity contribution is 9.10. The topological polar surface area (TPSA) is 94.3 Å². The molecule has 5 heterocycles. The first-order chi connectivity index (χ1) is 29.4. The number of H-pyrrole nitrogens is 2. The zero-order valence-electron chi connectivity index (χ0n) is 37.0. The van der Waals surface area contributed by atoms with Crippen LogP contribution in [0.4, 0.5) is 0 Å². The summed E-state index contributed by atoms with van der Waals surface area (Å²) in [5.41, 5.74) is 10.8. The third-order valence-corrected chi connectivity index (χ3v) is 11.5. The minimum atomic E-state index is 0.535. The number of benzene rings is 2. The van der Waals surface area contributed by atoms with Gasteiger partial charge in [0.15, 0.2) is 0 Å². The summed E-state index contributed by atoms with van der Waals surface area (Å²) in [6.45, 7) is 20.2. The molecule has 0 saturated heterocycles. The monoisotopic (exact) mass is 884 g/mol. The van der Waals surface area contributed by atoms with Crippen molar-refractivity contribution in [1.82, 2.24) is 19.9 Å². The van der Waals surface area contributed by atoms with Gasteiger partial charge in [-0.25, -0.2) is 9.97 Å². The molecule has 7 rings (SSSR count). The Morgan fingerprint density at radius 2 is 0.869 bits per heavy atom. The van der Waals surface area contributed by atoms with E-state index in [-0.39, 0.29) is 0 Å². The van der Waals surface area contributed by atoms with E-state index in [2.05, 4.69) is 160 Å². The average Bonchev–Trinajstić information content (AvgIpc) is 4.04. The third kappa shape index (κ3) is 11.6. The average molecular weight is 886 g/mol. The van der Waals surface area contributed by atoms with Gasteiger partial charge in [0.25, 0.3) is 0 Å². The molecule has 9 heteroatoms. The Balaban J connectivity index is 1.41. The van der Waals surface area contributed by atoms with E-state index in [0.29, 0.717) is 50.1 Å². The third-order valence-electron chi connectivity index (χ3n) is 10.7. The van der Waals surface area contributed by atoms with Crippen molar-refractivity contribution >= 4 is 62.3 Å². The van der Waals surface area contributed by atoms with Crippen LogP contribution in [0.5, 0.6) is 23.0 Å². The molecule has 8 nitrogen and oxygen atoms in total. The lowest BCUT2D eigenvalue weighted by molar-refractivity contribution is 0.276. The molecule has 0 atom stereocenters. The van der Waals surface area contributed by atoms with Gasteiger partial charge in [0.1, 0.15) is 23.0 Å². The van der Waals surface area contributed by atoms with Crippen LogP contribution in [-0.2, 0) is 0 Å². The lowest BCUT2D eigenvalue weighted by atomic mass is 10.0. The highest BCUT2D eigenvalue weighted by Gasteiger charge is 2.18. The Bertz CT molecular complexity index is 2410. The van der Waals surface area contributed by atoms with E-state index >= 15 is 0 Å². The molecule has 2 aliphatic rings. The number of fused-ring (bicyclic) bond motifs is 8. The van der Waals surface area contributed by atoms with Crippen molar-refractivity contribution in [2.75, 3.05) is 26.4 Å². The van der Waals surface area contributed by atoms with Crippen LogP contribution in [0.3, 0.4) is 0 Å². The smallest absolute Gasteiger partial charge is 0.123 e. The van der Waals surface area contributed by atoms with E-state index in [4.69, 9.17) is 28.9 Å². The molecule has 0 saturated carbocycles. The largest absolute Gasteiger partial charge is 0.493 e. The summed E-state index contributed by atoms with van der Waals surface area (Å²) in [6.07, 6.45) is 12.1. The first-order valence-corrected chi connectivity index (χ1v) is 22.8. The number of nitrogens with zero attached hydrogens (tertiary/aromatic N) is 2. The van der Waals surface area contributed by atoms with Crippen LogP contribution in [0.2, 0.25) is 0 Å². The van der Waals surface area contributed by atoms with Gasteiger partial charge >= 0.3 is 0 Å². The van der Waals surface area contributed by atoms with Crippen LogP contribution in [0.25, 0.3) is 68.6 Å². The van der Waals surface area contributed by atoms with Gasteiger partial charge in [0.2, 0.25) is 0 Å². The second-order valence-electron chi connectivity index (χ2n) is 17.8. The molecule has 0 radical (unpaired) electrons. The maximum atomic E-state index is 6.37. The van der Waals surface area contributed by atoms with Crippen molar-refractivity contribution < 1.29 is 18.9 Å². The molecule has 2 N–H and O–H groups in total. The van der Waals surface area contributed by atoms with E-state index in [1.54, 1.807) is 0 Å². The van der Waals surface area contributed by atoms with Gasteiger partial charge in [-0.15, -0.1) is 0 Å². The predicted molar refractivity (Wildman–Crippen MR) is 257 cm³/mol. The van der Waals surface area contributed by atoms with Crippen LogP contribution in [0.15, 0.2) is 71.2 Å². The summed E-state index contributed by atoms with van der Waals surface area (Å²) in [7, 11) is 0. The SMILES string of the molecule is CC(C)CCOc1cc(OCCC(C)C)cc(-c2c3nc(c(Br)c4ccc([nH]4)c(-c4cc(OCCC(C)C)cc(OCCC(C)C)c4)c4nc(cc5ccc2[nH]5)C=C4)C=C3)c1. The fraction of sp³-hybridized carbons (Fsp3) is 0.385. The zero-order chi connectivity index (χ0) is 43.0. The maximum absolute atomic E-state index is 6.37. The first kappa shape index (κ1) is 43.8. The van der Waals surface area contributed by atoms with Crippen molar-refractivity contribution in [1.29, 1.82) is 0 Å². The Morgan fingerprint density at radius 3 is 1.36 bits per heavy atom. The second kappa shape index (κ2) is 20.1. The molecule has 5 aromatic rings. The fourth-order valence-corrected chi connectivity index (χ4v) is 7.58. The van der Waals surface area contributed by atoms with Crippen LogP contribution in [0.1, 0.15) is 104 Å². The van der Waals surface area contributed by atoms with Crippen LogP contribution < -0.4 is 18.9 Å². The second-order valence-corrected chi connectivity index (χ2v) is 18.6. The quantitative estimate of drug-likeness (QED) is 0.0891. The Morgan fingerprint density at radius 1 is 0.459 bits per heavy atom. The standard InChI is InChI=1S/C52H61BrN4O4/c1-32(2)17-21-58-40-25-36(26-41(30-40)59-22-18-33(3)4)50-44-11-9-38(54-44)29-39-10-12-45(55-39)51(47-14-16-49(57-47)52(53)48-15-13-46(50)56-48)37-27-42(60-23-19-34(5)6)31-43(28-37)61-24-20-35(7)8/h9-16,25-35,54,57H,17-24H2,1-8H3. The zero-order valence-corrected chi connectivity index (χ0v) is 38.6. The van der Waals surface area contributed by atoms with Gasteiger partial charge in [0, 0.05) is 39.8 Å². The number of aromatic nitrogens is 4. The van der Waals surface area contributed by atoms with E-state index < -0.39 is 0 Å². The highest BCUT2D eigenvalue weighted by Crippen LogP contribution is 2.39. The van der Waals surface area contributed by atoms with Gasteiger partial charge in [0.05, 0.1) is 59.2 Å². The molecule has 61 heavy (non-hydrogen) atoms. The molecular weight excluding hydrogens is 824 g/mol. The summed E-state index contributed by atoms with van der Waals surface area (Å²) in [5, 5.41) is 0. The van der Waals surface area contributed by atoms with Crippen LogP contribution >= 0.6 is 15.9 Å². The van der Waals surface area contributed by atoms with Crippen LogP contribution in [0, 0.1) is 23.7 Å². The van der Waals surface area contributed by atoms with Crippen molar-refractivity contribution in [2.45, 2.75) is 81.1 Å². The summed E-state index contributed by atoms with van der Waals surface area (Å²) in [4.78, 5) is 17.9. The summed E-state index contributed by atoms with van der Waals surface area (Å²) < 4.78 is 26.3. The number of hydrogen-bond acceptors (Lipinski definition) is 6.